The molecule has 1 fully saturated rings. The molecule has 1 aromatic rings. The molecule has 98 valence electrons. The fraction of sp³-hybridized carbons (Fsp3) is 0.500. The van der Waals surface area contributed by atoms with Crippen molar-refractivity contribution in [1.29, 1.82) is 0 Å². The number of benzene rings is 1. The standard InChI is InChI=1S/C14H20N2O2/c1-2-18-13-11(4-3-5-12(13)15)14(17)16-9-8-10-6-7-10/h3-5,10H,2,6-9,15H2,1H3,(H,16,17). The van der Waals surface area contributed by atoms with Crippen LogP contribution >= 0.6 is 0 Å². The van der Waals surface area contributed by atoms with Crippen molar-refractivity contribution >= 4 is 11.6 Å². The number of para-hydroxylation sites is 1. The number of nitrogen functional groups attached to an aromatic ring is 1. The summed E-state index contributed by atoms with van der Waals surface area (Å²) >= 11 is 0. The van der Waals surface area contributed by atoms with Crippen molar-refractivity contribution in [2.75, 3.05) is 18.9 Å². The summed E-state index contributed by atoms with van der Waals surface area (Å²) in [6, 6.07) is 5.26. The van der Waals surface area contributed by atoms with E-state index in [4.69, 9.17) is 10.5 Å². The summed E-state index contributed by atoms with van der Waals surface area (Å²) in [6.45, 7) is 3.10. The largest absolute Gasteiger partial charge is 0.491 e. The number of carbonyl (C=O) groups is 1. The third-order valence-corrected chi connectivity index (χ3v) is 3.11. The smallest absolute Gasteiger partial charge is 0.255 e. The lowest BCUT2D eigenvalue weighted by molar-refractivity contribution is 0.0949. The van der Waals surface area contributed by atoms with Gasteiger partial charge in [-0.15, -0.1) is 0 Å². The zero-order valence-corrected chi connectivity index (χ0v) is 10.7. The van der Waals surface area contributed by atoms with Crippen LogP contribution in [0.4, 0.5) is 5.69 Å². The van der Waals surface area contributed by atoms with E-state index in [0.29, 0.717) is 23.6 Å². The van der Waals surface area contributed by atoms with Crippen molar-refractivity contribution in [1.82, 2.24) is 5.32 Å². The average Bonchev–Trinajstić information content (AvgIpc) is 3.16. The highest BCUT2D eigenvalue weighted by Crippen LogP contribution is 2.32. The van der Waals surface area contributed by atoms with E-state index in [1.165, 1.54) is 12.8 Å². The fourth-order valence-corrected chi connectivity index (χ4v) is 1.93. The molecule has 18 heavy (non-hydrogen) atoms. The minimum atomic E-state index is -0.105. The number of ether oxygens (including phenoxy) is 1. The van der Waals surface area contributed by atoms with Gasteiger partial charge < -0.3 is 15.8 Å². The second-order valence-corrected chi connectivity index (χ2v) is 4.64. The molecule has 1 aromatic carbocycles. The monoisotopic (exact) mass is 248 g/mol. The first-order chi connectivity index (χ1) is 8.72. The topological polar surface area (TPSA) is 64.3 Å². The minimum absolute atomic E-state index is 0.105. The summed E-state index contributed by atoms with van der Waals surface area (Å²) in [6.07, 6.45) is 3.68. The molecule has 1 saturated carbocycles. The highest BCUT2D eigenvalue weighted by molar-refractivity contribution is 5.98. The maximum Gasteiger partial charge on any atom is 0.255 e. The average molecular weight is 248 g/mol. The summed E-state index contributed by atoms with van der Waals surface area (Å²) in [5, 5.41) is 2.92. The van der Waals surface area contributed by atoms with Gasteiger partial charge in [0, 0.05) is 6.54 Å². The molecule has 0 atom stereocenters. The zero-order valence-electron chi connectivity index (χ0n) is 10.7. The molecule has 2 rings (SSSR count). The third-order valence-electron chi connectivity index (χ3n) is 3.11. The summed E-state index contributed by atoms with van der Waals surface area (Å²) in [7, 11) is 0. The number of rotatable bonds is 6. The summed E-state index contributed by atoms with van der Waals surface area (Å²) in [5.41, 5.74) is 6.85. The highest BCUT2D eigenvalue weighted by atomic mass is 16.5. The van der Waals surface area contributed by atoms with Gasteiger partial charge in [-0.2, -0.15) is 0 Å². The van der Waals surface area contributed by atoms with Crippen LogP contribution in [0, 0.1) is 5.92 Å². The Balaban J connectivity index is 2.00. The normalized spacial score (nSPS) is 14.3. The van der Waals surface area contributed by atoms with Gasteiger partial charge in [0.1, 0.15) is 0 Å². The molecule has 0 saturated heterocycles. The van der Waals surface area contributed by atoms with E-state index in [1.54, 1.807) is 18.2 Å². The van der Waals surface area contributed by atoms with Crippen LogP contribution in [0.15, 0.2) is 18.2 Å². The van der Waals surface area contributed by atoms with E-state index in [0.717, 1.165) is 18.9 Å². The number of nitrogens with two attached hydrogens (primary N) is 1. The number of hydrogen-bond acceptors (Lipinski definition) is 3. The quantitative estimate of drug-likeness (QED) is 0.758. The lowest BCUT2D eigenvalue weighted by Gasteiger charge is -2.12. The highest BCUT2D eigenvalue weighted by Gasteiger charge is 2.21. The van der Waals surface area contributed by atoms with Crippen LogP contribution < -0.4 is 15.8 Å². The Morgan fingerprint density at radius 3 is 2.94 bits per heavy atom. The van der Waals surface area contributed by atoms with Gasteiger partial charge in [0.25, 0.3) is 5.91 Å². The van der Waals surface area contributed by atoms with Crippen LogP contribution in [0.1, 0.15) is 36.5 Å². The van der Waals surface area contributed by atoms with Crippen LogP contribution in [0.2, 0.25) is 0 Å². The van der Waals surface area contributed by atoms with Crippen molar-refractivity contribution in [2.45, 2.75) is 26.2 Å². The molecule has 0 unspecified atom stereocenters. The lowest BCUT2D eigenvalue weighted by Crippen LogP contribution is -2.25. The maximum atomic E-state index is 12.0. The van der Waals surface area contributed by atoms with E-state index < -0.39 is 0 Å². The van der Waals surface area contributed by atoms with E-state index in [1.807, 2.05) is 6.92 Å². The Morgan fingerprint density at radius 1 is 1.50 bits per heavy atom. The van der Waals surface area contributed by atoms with Crippen LogP contribution in [-0.2, 0) is 0 Å². The molecule has 0 spiro atoms. The van der Waals surface area contributed by atoms with Gasteiger partial charge in [-0.3, -0.25) is 4.79 Å². The molecule has 1 amide bonds. The first-order valence-electron chi connectivity index (χ1n) is 6.52. The van der Waals surface area contributed by atoms with Gasteiger partial charge >= 0.3 is 0 Å². The van der Waals surface area contributed by atoms with Gasteiger partial charge in [-0.25, -0.2) is 0 Å². The zero-order chi connectivity index (χ0) is 13.0. The number of carbonyl (C=O) groups excluding carboxylic acids is 1. The van der Waals surface area contributed by atoms with Gasteiger partial charge in [-0.1, -0.05) is 18.9 Å². The van der Waals surface area contributed by atoms with Gasteiger partial charge in [-0.05, 0) is 31.4 Å². The van der Waals surface area contributed by atoms with Crippen LogP contribution in [-0.4, -0.2) is 19.1 Å². The Labute approximate surface area is 108 Å². The predicted octanol–water partition coefficient (Wildman–Crippen LogP) is 2.20. The van der Waals surface area contributed by atoms with Gasteiger partial charge in [0.05, 0.1) is 17.9 Å². The summed E-state index contributed by atoms with van der Waals surface area (Å²) in [4.78, 5) is 12.0. The molecule has 0 heterocycles. The Morgan fingerprint density at radius 2 is 2.28 bits per heavy atom. The first-order valence-corrected chi connectivity index (χ1v) is 6.52. The van der Waals surface area contributed by atoms with Crippen molar-refractivity contribution in [2.24, 2.45) is 5.92 Å². The number of hydrogen-bond donors (Lipinski definition) is 2. The van der Waals surface area contributed by atoms with Gasteiger partial charge in [0.15, 0.2) is 5.75 Å². The number of nitrogens with one attached hydrogen (secondary N) is 1. The molecule has 1 aliphatic rings. The minimum Gasteiger partial charge on any atom is -0.491 e. The first kappa shape index (κ1) is 12.7. The van der Waals surface area contributed by atoms with Gasteiger partial charge in [0.2, 0.25) is 0 Å². The Bertz CT molecular complexity index is 428. The van der Waals surface area contributed by atoms with E-state index in [-0.39, 0.29) is 5.91 Å². The summed E-state index contributed by atoms with van der Waals surface area (Å²) < 4.78 is 5.44. The van der Waals surface area contributed by atoms with E-state index >= 15 is 0 Å². The van der Waals surface area contributed by atoms with Crippen molar-refractivity contribution in [3.63, 3.8) is 0 Å². The predicted molar refractivity (Wildman–Crippen MR) is 71.7 cm³/mol. The second-order valence-electron chi connectivity index (χ2n) is 4.64. The number of anilines is 1. The molecule has 1 aliphatic carbocycles. The maximum absolute atomic E-state index is 12.0. The molecule has 0 aromatic heterocycles. The molecule has 4 nitrogen and oxygen atoms in total. The molecule has 4 heteroatoms. The molecule has 0 aliphatic heterocycles. The SMILES string of the molecule is CCOc1c(N)cccc1C(=O)NCCC1CC1. The lowest BCUT2D eigenvalue weighted by atomic mass is 10.1. The molecule has 0 radical (unpaired) electrons. The van der Waals surface area contributed by atoms with E-state index in [2.05, 4.69) is 5.32 Å². The van der Waals surface area contributed by atoms with Crippen LogP contribution in [0.3, 0.4) is 0 Å². The fourth-order valence-electron chi connectivity index (χ4n) is 1.93. The second kappa shape index (κ2) is 5.76. The summed E-state index contributed by atoms with van der Waals surface area (Å²) in [5.74, 6) is 1.20. The molecule has 3 N–H and O–H groups in total. The molecular weight excluding hydrogens is 228 g/mol. The van der Waals surface area contributed by atoms with E-state index in [9.17, 15) is 4.79 Å². The van der Waals surface area contributed by atoms with Crippen molar-refractivity contribution in [3.05, 3.63) is 23.8 Å². The third kappa shape index (κ3) is 3.15. The van der Waals surface area contributed by atoms with Crippen molar-refractivity contribution in [3.8, 4) is 5.75 Å². The number of amides is 1. The Hall–Kier alpha value is -1.71. The Kier molecular flexibility index (Phi) is 4.07. The molecular formula is C14H20N2O2. The van der Waals surface area contributed by atoms with Crippen molar-refractivity contribution < 1.29 is 9.53 Å². The van der Waals surface area contributed by atoms with Crippen LogP contribution in [0.5, 0.6) is 5.75 Å². The van der Waals surface area contributed by atoms with Crippen LogP contribution in [0.25, 0.3) is 0 Å². The molecule has 0 bridgehead atoms.